The first kappa shape index (κ1) is 8.48. The van der Waals surface area contributed by atoms with Crippen molar-refractivity contribution in [2.45, 2.75) is 38.1 Å². The summed E-state index contributed by atoms with van der Waals surface area (Å²) in [5.41, 5.74) is 7.27. The van der Waals surface area contributed by atoms with Crippen molar-refractivity contribution >= 4 is 0 Å². The van der Waals surface area contributed by atoms with Crippen molar-refractivity contribution in [2.75, 3.05) is 0 Å². The van der Waals surface area contributed by atoms with Crippen molar-refractivity contribution in [1.82, 2.24) is 0 Å². The van der Waals surface area contributed by atoms with E-state index in [1.54, 1.807) is 0 Å². The van der Waals surface area contributed by atoms with Gasteiger partial charge in [-0.1, -0.05) is 32.1 Å². The molecule has 1 rings (SSSR count). The summed E-state index contributed by atoms with van der Waals surface area (Å²) in [5, 5.41) is 0. The third kappa shape index (κ3) is 2.71. The van der Waals surface area contributed by atoms with Gasteiger partial charge in [0.05, 0.1) is 0 Å². The predicted octanol–water partition coefficient (Wildman–Crippen LogP) is 2.37. The second-order valence-corrected chi connectivity index (χ2v) is 2.33. The fourth-order valence-electron chi connectivity index (χ4n) is 1.10. The fourth-order valence-corrected chi connectivity index (χ4v) is 1.10. The van der Waals surface area contributed by atoms with Crippen LogP contribution in [-0.4, -0.2) is 6.04 Å². The van der Waals surface area contributed by atoms with Crippen LogP contribution in [0.2, 0.25) is 0 Å². The van der Waals surface area contributed by atoms with E-state index in [9.17, 15) is 0 Å². The van der Waals surface area contributed by atoms with Crippen molar-refractivity contribution in [3.8, 4) is 0 Å². The number of rotatable bonds is 0. The molecule has 0 saturated heterocycles. The zero-order valence-corrected chi connectivity index (χ0v) is 5.86. The first-order valence-corrected chi connectivity index (χ1v) is 3.11. The van der Waals surface area contributed by atoms with Crippen LogP contribution >= 0.6 is 0 Å². The molecule has 2 heteroatoms. The Bertz CT molecular complexity index is 50.5. The van der Waals surface area contributed by atoms with E-state index in [1.165, 1.54) is 19.3 Å². The molecule has 0 radical (unpaired) electrons. The van der Waals surface area contributed by atoms with Crippen LogP contribution in [-0.2, 0) is 17.1 Å². The van der Waals surface area contributed by atoms with Gasteiger partial charge in [0.2, 0.25) is 0 Å². The van der Waals surface area contributed by atoms with Gasteiger partial charge < -0.3 is 5.73 Å². The Morgan fingerprint density at radius 2 is 1.50 bits per heavy atom. The van der Waals surface area contributed by atoms with E-state index in [1.807, 2.05) is 0 Å². The van der Waals surface area contributed by atoms with Gasteiger partial charge in [-0.15, -0.1) is 6.04 Å². The standard InChI is InChI=1S/C6H12N.Cu/c7-6-4-2-1-3-5-6;/h6-7H,1-5H2;/q-1;+1. The second kappa shape index (κ2) is 4.37. The minimum atomic E-state index is 0. The summed E-state index contributed by atoms with van der Waals surface area (Å²) in [6, 6.07) is 0.286. The van der Waals surface area contributed by atoms with Crippen molar-refractivity contribution in [1.29, 1.82) is 0 Å². The molecule has 1 N–H and O–H groups in total. The molecule has 0 aromatic rings. The fraction of sp³-hybridized carbons (Fsp3) is 1.00. The SMILES string of the molecule is [Cu+].[NH-]C1CCCCC1. The Hall–Kier alpha value is 0.479. The van der Waals surface area contributed by atoms with Crippen LogP contribution in [0.5, 0.6) is 0 Å². The molecule has 0 aromatic carbocycles. The topological polar surface area (TPSA) is 23.8 Å². The smallest absolute Gasteiger partial charge is 0.675 e. The molecular formula is C6H12CuN. The average Bonchev–Trinajstić information content (AvgIpc) is 1.69. The van der Waals surface area contributed by atoms with Crippen LogP contribution in [0.4, 0.5) is 0 Å². The summed E-state index contributed by atoms with van der Waals surface area (Å²) in [4.78, 5) is 0. The Kier molecular flexibility index (Phi) is 4.63. The first-order chi connectivity index (χ1) is 3.39. The maximum atomic E-state index is 7.27. The summed E-state index contributed by atoms with van der Waals surface area (Å²) in [7, 11) is 0. The molecule has 1 aliphatic rings. The third-order valence-corrected chi connectivity index (χ3v) is 1.61. The largest absolute Gasteiger partial charge is 1.00 e. The van der Waals surface area contributed by atoms with Crippen molar-refractivity contribution in [3.63, 3.8) is 0 Å². The molecule has 0 heterocycles. The van der Waals surface area contributed by atoms with Gasteiger partial charge in [-0.05, 0) is 0 Å². The average molecular weight is 162 g/mol. The summed E-state index contributed by atoms with van der Waals surface area (Å²) < 4.78 is 0. The summed E-state index contributed by atoms with van der Waals surface area (Å²) in [5.74, 6) is 0. The van der Waals surface area contributed by atoms with Gasteiger partial charge >= 0.3 is 17.1 Å². The number of nitrogens with one attached hydrogen (secondary N) is 1. The molecule has 0 amide bonds. The van der Waals surface area contributed by atoms with Gasteiger partial charge in [-0.2, -0.15) is 0 Å². The molecule has 8 heavy (non-hydrogen) atoms. The van der Waals surface area contributed by atoms with Crippen LogP contribution in [0, 0.1) is 0 Å². The molecule has 0 atom stereocenters. The van der Waals surface area contributed by atoms with E-state index in [0.717, 1.165) is 12.8 Å². The molecule has 1 aliphatic carbocycles. The molecule has 0 spiro atoms. The van der Waals surface area contributed by atoms with E-state index in [2.05, 4.69) is 0 Å². The number of hydrogen-bond acceptors (Lipinski definition) is 0. The molecule has 0 bridgehead atoms. The first-order valence-electron chi connectivity index (χ1n) is 3.11. The maximum absolute atomic E-state index is 7.27. The Labute approximate surface area is 61.5 Å². The van der Waals surface area contributed by atoms with Crippen LogP contribution in [0.3, 0.4) is 0 Å². The normalized spacial score (nSPS) is 22.1. The maximum Gasteiger partial charge on any atom is 1.00 e. The van der Waals surface area contributed by atoms with Gasteiger partial charge in [0.15, 0.2) is 0 Å². The minimum Gasteiger partial charge on any atom is -0.675 e. The van der Waals surface area contributed by atoms with Gasteiger partial charge in [0.25, 0.3) is 0 Å². The minimum absolute atomic E-state index is 0. The van der Waals surface area contributed by atoms with Crippen molar-refractivity contribution in [2.24, 2.45) is 0 Å². The van der Waals surface area contributed by atoms with Crippen LogP contribution in [0.25, 0.3) is 5.73 Å². The van der Waals surface area contributed by atoms with E-state index < -0.39 is 0 Å². The Morgan fingerprint density at radius 1 is 1.00 bits per heavy atom. The predicted molar refractivity (Wildman–Crippen MR) is 31.2 cm³/mol. The molecule has 0 aromatic heterocycles. The van der Waals surface area contributed by atoms with Crippen LogP contribution in [0.1, 0.15) is 32.1 Å². The molecule has 52 valence electrons. The quantitative estimate of drug-likeness (QED) is 0.488. The summed E-state index contributed by atoms with van der Waals surface area (Å²) >= 11 is 0. The van der Waals surface area contributed by atoms with Gasteiger partial charge in [-0.25, -0.2) is 0 Å². The molecule has 1 saturated carbocycles. The van der Waals surface area contributed by atoms with Crippen molar-refractivity contribution in [3.05, 3.63) is 5.73 Å². The Balaban J connectivity index is 0.000000490. The van der Waals surface area contributed by atoms with E-state index in [-0.39, 0.29) is 23.1 Å². The molecule has 1 nitrogen and oxygen atoms in total. The van der Waals surface area contributed by atoms with Gasteiger partial charge in [0, 0.05) is 0 Å². The van der Waals surface area contributed by atoms with Crippen LogP contribution < -0.4 is 0 Å². The van der Waals surface area contributed by atoms with E-state index in [0.29, 0.717) is 0 Å². The molecular weight excluding hydrogens is 150 g/mol. The zero-order chi connectivity index (χ0) is 5.11. The van der Waals surface area contributed by atoms with E-state index in [4.69, 9.17) is 5.73 Å². The monoisotopic (exact) mass is 161 g/mol. The van der Waals surface area contributed by atoms with Crippen molar-refractivity contribution < 1.29 is 17.1 Å². The second-order valence-electron chi connectivity index (χ2n) is 2.33. The van der Waals surface area contributed by atoms with Gasteiger partial charge in [0.1, 0.15) is 0 Å². The van der Waals surface area contributed by atoms with Crippen LogP contribution in [0.15, 0.2) is 0 Å². The summed E-state index contributed by atoms with van der Waals surface area (Å²) in [6.45, 7) is 0. The molecule has 0 unspecified atom stereocenters. The number of hydrogen-bond donors (Lipinski definition) is 0. The zero-order valence-electron chi connectivity index (χ0n) is 4.91. The van der Waals surface area contributed by atoms with E-state index >= 15 is 0 Å². The molecule has 0 aliphatic heterocycles. The molecule has 1 fully saturated rings. The Morgan fingerprint density at radius 3 is 1.75 bits per heavy atom. The summed E-state index contributed by atoms with van der Waals surface area (Å²) in [6.07, 6.45) is 6.28. The van der Waals surface area contributed by atoms with Gasteiger partial charge in [-0.3, -0.25) is 0 Å². The third-order valence-electron chi connectivity index (χ3n) is 1.61.